The molecule has 1 saturated heterocycles. The standard InChI is InChI=1S/C25H26N6O2S/c1-25(32,24-27-11-14-34-24)9-5-17-3-4-21(33-18-7-12-31(2)13-8-18)20(15-17)30-23-19-6-10-26-22(19)28-16-29-23/h3-4,6,10-11,14-16,18,32H,7-8,12-13H2,1-2H3,(H2,26,28,29,30). The van der Waals surface area contributed by atoms with Gasteiger partial charge in [0.25, 0.3) is 0 Å². The molecule has 1 aliphatic heterocycles. The molecule has 1 aliphatic rings. The topological polar surface area (TPSA) is 99.2 Å². The van der Waals surface area contributed by atoms with Crippen LogP contribution in [0.5, 0.6) is 5.75 Å². The summed E-state index contributed by atoms with van der Waals surface area (Å²) in [6, 6.07) is 7.70. The number of H-pyrrole nitrogens is 1. The number of aliphatic hydroxyl groups is 1. The maximum absolute atomic E-state index is 10.7. The maximum atomic E-state index is 10.7. The minimum absolute atomic E-state index is 0.150. The first-order valence-electron chi connectivity index (χ1n) is 11.2. The summed E-state index contributed by atoms with van der Waals surface area (Å²) in [6.45, 7) is 3.68. The lowest BCUT2D eigenvalue weighted by atomic mass is 10.1. The number of ether oxygens (including phenoxy) is 1. The Morgan fingerprint density at radius 1 is 1.24 bits per heavy atom. The fraction of sp³-hybridized carbons (Fsp3) is 0.320. The van der Waals surface area contributed by atoms with Crippen LogP contribution in [-0.2, 0) is 5.60 Å². The van der Waals surface area contributed by atoms with Gasteiger partial charge in [0.1, 0.15) is 34.7 Å². The normalized spacial score (nSPS) is 16.6. The van der Waals surface area contributed by atoms with Gasteiger partial charge in [0, 0.05) is 36.4 Å². The quantitative estimate of drug-likeness (QED) is 0.378. The number of nitrogens with zero attached hydrogens (tertiary/aromatic N) is 4. The molecule has 1 unspecified atom stereocenters. The van der Waals surface area contributed by atoms with Crippen LogP contribution < -0.4 is 10.1 Å². The first-order valence-corrected chi connectivity index (χ1v) is 12.1. The van der Waals surface area contributed by atoms with E-state index >= 15 is 0 Å². The van der Waals surface area contributed by atoms with Gasteiger partial charge >= 0.3 is 0 Å². The molecule has 8 nitrogen and oxygen atoms in total. The first-order chi connectivity index (χ1) is 16.5. The van der Waals surface area contributed by atoms with E-state index in [-0.39, 0.29) is 6.10 Å². The van der Waals surface area contributed by atoms with Crippen LogP contribution in [0.1, 0.15) is 30.3 Å². The van der Waals surface area contributed by atoms with Gasteiger partial charge in [-0.2, -0.15) is 0 Å². The zero-order valence-corrected chi connectivity index (χ0v) is 19.9. The molecular formula is C25H26N6O2S. The lowest BCUT2D eigenvalue weighted by Crippen LogP contribution is -2.35. The fourth-order valence-electron chi connectivity index (χ4n) is 3.90. The number of aromatic nitrogens is 4. The summed E-state index contributed by atoms with van der Waals surface area (Å²) < 4.78 is 6.41. The van der Waals surface area contributed by atoms with Crippen LogP contribution in [0.15, 0.2) is 48.4 Å². The fourth-order valence-corrected chi connectivity index (χ4v) is 4.55. The number of benzene rings is 1. The predicted octanol–water partition coefficient (Wildman–Crippen LogP) is 3.89. The van der Waals surface area contributed by atoms with Crippen molar-refractivity contribution in [3.05, 3.63) is 58.9 Å². The molecule has 174 valence electrons. The number of piperidine rings is 1. The third-order valence-corrected chi connectivity index (χ3v) is 6.83. The number of hydrogen-bond acceptors (Lipinski definition) is 8. The monoisotopic (exact) mass is 474 g/mol. The highest BCUT2D eigenvalue weighted by atomic mass is 32.1. The Bertz CT molecular complexity index is 1330. The Labute approximate surface area is 202 Å². The van der Waals surface area contributed by atoms with E-state index in [1.165, 1.54) is 17.7 Å². The number of anilines is 2. The summed E-state index contributed by atoms with van der Waals surface area (Å²) in [7, 11) is 2.13. The van der Waals surface area contributed by atoms with Gasteiger partial charge in [-0.25, -0.2) is 15.0 Å². The molecule has 34 heavy (non-hydrogen) atoms. The highest BCUT2D eigenvalue weighted by Crippen LogP contribution is 2.32. The maximum Gasteiger partial charge on any atom is 0.174 e. The van der Waals surface area contributed by atoms with Crippen LogP contribution >= 0.6 is 11.3 Å². The second kappa shape index (κ2) is 9.43. The second-order valence-corrected chi connectivity index (χ2v) is 9.47. The minimum atomic E-state index is -1.32. The van der Waals surface area contributed by atoms with E-state index in [0.717, 1.165) is 54.0 Å². The predicted molar refractivity (Wildman–Crippen MR) is 133 cm³/mol. The zero-order chi connectivity index (χ0) is 23.5. The van der Waals surface area contributed by atoms with Gasteiger partial charge in [-0.3, -0.25) is 0 Å². The highest BCUT2D eigenvalue weighted by Gasteiger charge is 2.23. The minimum Gasteiger partial charge on any atom is -0.488 e. The molecule has 5 rings (SSSR count). The number of fused-ring (bicyclic) bond motifs is 1. The summed E-state index contributed by atoms with van der Waals surface area (Å²) in [6.07, 6.45) is 7.12. The van der Waals surface area contributed by atoms with Crippen molar-refractivity contribution in [3.8, 4) is 17.6 Å². The van der Waals surface area contributed by atoms with E-state index in [0.29, 0.717) is 10.8 Å². The van der Waals surface area contributed by atoms with Crippen LogP contribution in [0.3, 0.4) is 0 Å². The van der Waals surface area contributed by atoms with Gasteiger partial charge < -0.3 is 25.0 Å². The first kappa shape index (κ1) is 22.3. The Balaban J connectivity index is 1.47. The molecule has 3 N–H and O–H groups in total. The van der Waals surface area contributed by atoms with E-state index in [2.05, 4.69) is 49.0 Å². The molecule has 0 amide bonds. The summed E-state index contributed by atoms with van der Waals surface area (Å²) in [5, 5.41) is 17.4. The number of rotatable bonds is 5. The van der Waals surface area contributed by atoms with Crippen LogP contribution in [0, 0.1) is 11.8 Å². The molecule has 9 heteroatoms. The number of thiazole rings is 1. The number of likely N-dealkylation sites (tertiary alicyclic amines) is 1. The number of hydrogen-bond donors (Lipinski definition) is 3. The molecular weight excluding hydrogens is 448 g/mol. The third-order valence-electron chi connectivity index (χ3n) is 5.84. The largest absolute Gasteiger partial charge is 0.488 e. The van der Waals surface area contributed by atoms with Gasteiger partial charge in [0.15, 0.2) is 5.60 Å². The molecule has 0 bridgehead atoms. The van der Waals surface area contributed by atoms with Gasteiger partial charge in [-0.15, -0.1) is 11.3 Å². The van der Waals surface area contributed by atoms with E-state index in [4.69, 9.17) is 4.74 Å². The lowest BCUT2D eigenvalue weighted by molar-refractivity contribution is 0.115. The number of nitrogens with one attached hydrogen (secondary N) is 2. The van der Waals surface area contributed by atoms with Crippen LogP contribution in [0.25, 0.3) is 11.0 Å². The van der Waals surface area contributed by atoms with Crippen LogP contribution in [0.4, 0.5) is 11.5 Å². The summed E-state index contributed by atoms with van der Waals surface area (Å²) >= 11 is 1.38. The average Bonchev–Trinajstić information content (AvgIpc) is 3.54. The van der Waals surface area contributed by atoms with Crippen molar-refractivity contribution in [2.45, 2.75) is 31.5 Å². The molecule has 4 heterocycles. The van der Waals surface area contributed by atoms with Crippen molar-refractivity contribution >= 4 is 33.9 Å². The molecule has 4 aromatic rings. The van der Waals surface area contributed by atoms with Crippen LogP contribution in [-0.4, -0.2) is 56.2 Å². The second-order valence-electron chi connectivity index (χ2n) is 8.58. The van der Waals surface area contributed by atoms with Crippen molar-refractivity contribution in [2.24, 2.45) is 0 Å². The summed E-state index contributed by atoms with van der Waals surface area (Å²) in [5.41, 5.74) is 0.940. The molecule has 0 radical (unpaired) electrons. The van der Waals surface area contributed by atoms with Crippen molar-refractivity contribution in [1.82, 2.24) is 24.8 Å². The summed E-state index contributed by atoms with van der Waals surface area (Å²) in [5.74, 6) is 7.47. The molecule has 0 saturated carbocycles. The third kappa shape index (κ3) is 4.89. The van der Waals surface area contributed by atoms with E-state index < -0.39 is 5.60 Å². The molecule has 0 spiro atoms. The molecule has 0 aliphatic carbocycles. The Hall–Kier alpha value is -3.45. The van der Waals surface area contributed by atoms with Gasteiger partial charge in [-0.05, 0) is 51.1 Å². The van der Waals surface area contributed by atoms with Crippen molar-refractivity contribution < 1.29 is 9.84 Å². The molecule has 1 fully saturated rings. The van der Waals surface area contributed by atoms with E-state index in [9.17, 15) is 5.11 Å². The van der Waals surface area contributed by atoms with Crippen molar-refractivity contribution in [1.29, 1.82) is 0 Å². The van der Waals surface area contributed by atoms with E-state index in [1.807, 2.05) is 35.8 Å². The van der Waals surface area contributed by atoms with Crippen molar-refractivity contribution in [2.75, 3.05) is 25.5 Å². The zero-order valence-electron chi connectivity index (χ0n) is 19.1. The summed E-state index contributed by atoms with van der Waals surface area (Å²) in [4.78, 5) is 18.3. The van der Waals surface area contributed by atoms with Gasteiger partial charge in [0.05, 0.1) is 11.1 Å². The Morgan fingerprint density at radius 3 is 2.88 bits per heavy atom. The van der Waals surface area contributed by atoms with Crippen LogP contribution in [0.2, 0.25) is 0 Å². The molecule has 1 aromatic carbocycles. The van der Waals surface area contributed by atoms with Crippen molar-refractivity contribution in [3.63, 3.8) is 0 Å². The number of aromatic amines is 1. The molecule has 3 aromatic heterocycles. The van der Waals surface area contributed by atoms with E-state index in [1.54, 1.807) is 13.1 Å². The van der Waals surface area contributed by atoms with Gasteiger partial charge in [0.2, 0.25) is 0 Å². The molecule has 1 atom stereocenters. The SMILES string of the molecule is CN1CCC(Oc2ccc(C#CC(C)(O)c3nccs3)cc2Nc2ncnc3[nH]ccc23)CC1. The lowest BCUT2D eigenvalue weighted by Gasteiger charge is -2.30. The Morgan fingerprint density at radius 2 is 2.09 bits per heavy atom. The highest BCUT2D eigenvalue weighted by molar-refractivity contribution is 7.09. The average molecular weight is 475 g/mol. The smallest absolute Gasteiger partial charge is 0.174 e. The van der Waals surface area contributed by atoms with Gasteiger partial charge in [-0.1, -0.05) is 11.8 Å². The Kier molecular flexibility index (Phi) is 6.20.